The molecule has 4 rings (SSSR count). The van der Waals surface area contributed by atoms with Gasteiger partial charge in [-0.15, -0.1) is 0 Å². The normalized spacial score (nSPS) is 13.4. The van der Waals surface area contributed by atoms with Crippen LogP contribution in [0.2, 0.25) is 0 Å². The van der Waals surface area contributed by atoms with Crippen LogP contribution in [0, 0.1) is 0 Å². The number of anilines is 3. The van der Waals surface area contributed by atoms with Crippen LogP contribution in [0.3, 0.4) is 0 Å². The first-order valence-electron chi connectivity index (χ1n) is 10.7. The second-order valence-corrected chi connectivity index (χ2v) is 8.80. The van der Waals surface area contributed by atoms with E-state index in [-0.39, 0.29) is 12.5 Å². The lowest BCUT2D eigenvalue weighted by Gasteiger charge is -2.26. The SMILES string of the molecule is Cn1c2c(c3ccc(Nc4ccc(N(CCF)C(=O)OC(C)(C)C)cn4)nc31)C(=O)NCC2. The van der Waals surface area contributed by atoms with Gasteiger partial charge in [0, 0.05) is 31.1 Å². The Morgan fingerprint density at radius 2 is 2.03 bits per heavy atom. The Labute approximate surface area is 190 Å². The van der Waals surface area contributed by atoms with Crippen molar-refractivity contribution >= 4 is 40.4 Å². The molecule has 0 radical (unpaired) electrons. The first kappa shape index (κ1) is 22.5. The lowest BCUT2D eigenvalue weighted by atomic mass is 10.1. The van der Waals surface area contributed by atoms with Crippen molar-refractivity contribution in [3.63, 3.8) is 0 Å². The van der Waals surface area contributed by atoms with Crippen molar-refractivity contribution < 1.29 is 18.7 Å². The average Bonchev–Trinajstić information content (AvgIpc) is 3.04. The third-order valence-corrected chi connectivity index (χ3v) is 5.27. The molecule has 0 aliphatic carbocycles. The van der Waals surface area contributed by atoms with Crippen LogP contribution < -0.4 is 15.5 Å². The first-order valence-corrected chi connectivity index (χ1v) is 10.7. The maximum absolute atomic E-state index is 13.0. The van der Waals surface area contributed by atoms with Crippen molar-refractivity contribution in [3.8, 4) is 0 Å². The molecular formula is C23H27FN6O3. The van der Waals surface area contributed by atoms with Gasteiger partial charge in [-0.2, -0.15) is 0 Å². The summed E-state index contributed by atoms with van der Waals surface area (Å²) in [6.45, 7) is 5.03. The number of rotatable bonds is 5. The second kappa shape index (κ2) is 8.68. The molecule has 0 atom stereocenters. The number of nitrogens with zero attached hydrogens (tertiary/aromatic N) is 4. The Kier molecular flexibility index (Phi) is 5.92. The molecule has 0 aromatic carbocycles. The third kappa shape index (κ3) is 4.59. The van der Waals surface area contributed by atoms with Gasteiger partial charge in [0.1, 0.15) is 29.6 Å². The van der Waals surface area contributed by atoms with E-state index in [1.807, 2.05) is 17.7 Å². The predicted octanol–water partition coefficient (Wildman–Crippen LogP) is 3.71. The number of hydrogen-bond acceptors (Lipinski definition) is 6. The molecular weight excluding hydrogens is 427 g/mol. The summed E-state index contributed by atoms with van der Waals surface area (Å²) in [5.74, 6) is 0.991. The van der Waals surface area contributed by atoms with Crippen molar-refractivity contribution in [2.24, 2.45) is 7.05 Å². The summed E-state index contributed by atoms with van der Waals surface area (Å²) in [4.78, 5) is 35.0. The number of carbonyl (C=O) groups excluding carboxylic acids is 2. The Bertz CT molecular complexity index is 1200. The largest absolute Gasteiger partial charge is 0.443 e. The number of aromatic nitrogens is 3. The molecule has 3 aromatic heterocycles. The number of pyridine rings is 2. The number of fused-ring (bicyclic) bond motifs is 3. The maximum Gasteiger partial charge on any atom is 0.414 e. The molecule has 0 fully saturated rings. The maximum atomic E-state index is 13.0. The number of aryl methyl sites for hydroxylation is 1. The van der Waals surface area contributed by atoms with Gasteiger partial charge in [-0.25, -0.2) is 19.2 Å². The fourth-order valence-corrected chi connectivity index (χ4v) is 3.83. The van der Waals surface area contributed by atoms with E-state index in [0.29, 0.717) is 35.1 Å². The summed E-state index contributed by atoms with van der Waals surface area (Å²) in [6, 6.07) is 7.00. The Hall–Kier alpha value is -3.69. The first-order chi connectivity index (χ1) is 15.7. The molecule has 9 nitrogen and oxygen atoms in total. The highest BCUT2D eigenvalue weighted by Gasteiger charge is 2.26. The Morgan fingerprint density at radius 3 is 2.70 bits per heavy atom. The second-order valence-electron chi connectivity index (χ2n) is 8.80. The van der Waals surface area contributed by atoms with Gasteiger partial charge in [0.05, 0.1) is 24.0 Å². The molecule has 0 unspecified atom stereocenters. The van der Waals surface area contributed by atoms with Crippen LogP contribution in [-0.4, -0.2) is 51.9 Å². The molecule has 174 valence electrons. The smallest absolute Gasteiger partial charge is 0.414 e. The van der Waals surface area contributed by atoms with Crippen molar-refractivity contribution in [2.75, 3.05) is 30.0 Å². The fourth-order valence-electron chi connectivity index (χ4n) is 3.83. The van der Waals surface area contributed by atoms with Crippen LogP contribution >= 0.6 is 0 Å². The van der Waals surface area contributed by atoms with E-state index in [4.69, 9.17) is 4.74 Å². The van der Waals surface area contributed by atoms with E-state index in [1.165, 1.54) is 11.1 Å². The summed E-state index contributed by atoms with van der Waals surface area (Å²) >= 11 is 0. The van der Waals surface area contributed by atoms with E-state index >= 15 is 0 Å². The molecule has 33 heavy (non-hydrogen) atoms. The highest BCUT2D eigenvalue weighted by Crippen LogP contribution is 2.28. The van der Waals surface area contributed by atoms with Gasteiger partial charge in [-0.1, -0.05) is 0 Å². The molecule has 4 heterocycles. The highest BCUT2D eigenvalue weighted by molar-refractivity contribution is 6.08. The number of ether oxygens (including phenoxy) is 1. The van der Waals surface area contributed by atoms with Crippen LogP contribution in [-0.2, 0) is 18.2 Å². The summed E-state index contributed by atoms with van der Waals surface area (Å²) in [5.41, 5.74) is 2.09. The van der Waals surface area contributed by atoms with E-state index in [9.17, 15) is 14.0 Å². The van der Waals surface area contributed by atoms with Gasteiger partial charge in [-0.3, -0.25) is 9.69 Å². The number of amides is 2. The van der Waals surface area contributed by atoms with E-state index < -0.39 is 18.4 Å². The minimum absolute atomic E-state index is 0.0792. The van der Waals surface area contributed by atoms with Crippen molar-refractivity contribution in [1.29, 1.82) is 0 Å². The minimum atomic E-state index is -0.707. The molecule has 3 aromatic rings. The zero-order valence-electron chi connectivity index (χ0n) is 19.1. The number of halogens is 1. The van der Waals surface area contributed by atoms with E-state index in [0.717, 1.165) is 17.5 Å². The topological polar surface area (TPSA) is 101 Å². The molecule has 1 aliphatic rings. The predicted molar refractivity (Wildman–Crippen MR) is 124 cm³/mol. The highest BCUT2D eigenvalue weighted by atomic mass is 19.1. The molecule has 2 amide bonds. The summed E-state index contributed by atoms with van der Waals surface area (Å²) in [6.07, 6.45) is 1.60. The Morgan fingerprint density at radius 1 is 1.27 bits per heavy atom. The van der Waals surface area contributed by atoms with Gasteiger partial charge in [0.2, 0.25) is 0 Å². The number of hydrogen-bond donors (Lipinski definition) is 2. The van der Waals surface area contributed by atoms with Gasteiger partial charge in [0.25, 0.3) is 5.91 Å². The number of carbonyl (C=O) groups is 2. The monoisotopic (exact) mass is 454 g/mol. The summed E-state index contributed by atoms with van der Waals surface area (Å²) in [7, 11) is 1.90. The molecule has 0 spiro atoms. The molecule has 1 aliphatic heterocycles. The molecule has 10 heteroatoms. The summed E-state index contributed by atoms with van der Waals surface area (Å²) < 4.78 is 20.3. The van der Waals surface area contributed by atoms with Crippen LogP contribution in [0.4, 0.5) is 26.5 Å². The molecule has 2 N–H and O–H groups in total. The van der Waals surface area contributed by atoms with Crippen molar-refractivity contribution in [2.45, 2.75) is 32.8 Å². The zero-order valence-corrected chi connectivity index (χ0v) is 19.1. The van der Waals surface area contributed by atoms with Crippen LogP contribution in [0.25, 0.3) is 11.0 Å². The number of nitrogens with one attached hydrogen (secondary N) is 2. The van der Waals surface area contributed by atoms with Gasteiger partial charge >= 0.3 is 6.09 Å². The van der Waals surface area contributed by atoms with Gasteiger partial charge in [0.15, 0.2) is 0 Å². The Balaban J connectivity index is 1.55. The van der Waals surface area contributed by atoms with Crippen molar-refractivity contribution in [3.05, 3.63) is 41.7 Å². The van der Waals surface area contributed by atoms with Gasteiger partial charge in [-0.05, 0) is 45.0 Å². The molecule has 0 saturated heterocycles. The van der Waals surface area contributed by atoms with E-state index in [2.05, 4.69) is 20.6 Å². The molecule has 0 saturated carbocycles. The average molecular weight is 455 g/mol. The van der Waals surface area contributed by atoms with Gasteiger partial charge < -0.3 is 19.9 Å². The third-order valence-electron chi connectivity index (χ3n) is 5.27. The van der Waals surface area contributed by atoms with Crippen LogP contribution in [0.5, 0.6) is 0 Å². The lowest BCUT2D eigenvalue weighted by Crippen LogP contribution is -2.38. The van der Waals surface area contributed by atoms with Crippen molar-refractivity contribution in [1.82, 2.24) is 19.9 Å². The lowest BCUT2D eigenvalue weighted by molar-refractivity contribution is 0.0577. The summed E-state index contributed by atoms with van der Waals surface area (Å²) in [5, 5.41) is 6.81. The van der Waals surface area contributed by atoms with Crippen LogP contribution in [0.15, 0.2) is 30.5 Å². The zero-order chi connectivity index (χ0) is 23.8. The fraction of sp³-hybridized carbons (Fsp3) is 0.391. The quantitative estimate of drug-likeness (QED) is 0.610. The number of alkyl halides is 1. The standard InChI is InChI=1S/C23H27FN6O3/c1-23(2,3)33-22(32)30(12-10-24)14-5-7-17(26-13-14)27-18-8-6-15-19-16(9-11-25-21(19)31)29(4)20(15)28-18/h5-8,13H,9-12H2,1-4H3,(H,25,31)(H,26,27,28). The van der Waals surface area contributed by atoms with E-state index in [1.54, 1.807) is 39.0 Å². The molecule has 0 bridgehead atoms. The van der Waals surface area contributed by atoms with Crippen LogP contribution in [0.1, 0.15) is 36.8 Å². The minimum Gasteiger partial charge on any atom is -0.443 e.